The summed E-state index contributed by atoms with van der Waals surface area (Å²) in [5, 5.41) is 4.24. The van der Waals surface area contributed by atoms with Crippen LogP contribution in [0.25, 0.3) is 0 Å². The first-order valence-electron chi connectivity index (χ1n) is 15.7. The zero-order valence-corrected chi connectivity index (χ0v) is 29.7. The molecule has 2 saturated heterocycles. The number of likely N-dealkylation sites (N-methyl/N-ethyl adjacent to an activating group) is 1. The van der Waals surface area contributed by atoms with E-state index in [0.717, 1.165) is 46.4 Å². The molecule has 9 nitrogen and oxygen atoms in total. The van der Waals surface area contributed by atoms with Gasteiger partial charge in [-0.25, -0.2) is 9.59 Å². The van der Waals surface area contributed by atoms with Gasteiger partial charge in [-0.1, -0.05) is 39.7 Å². The second kappa shape index (κ2) is 15.5. The van der Waals surface area contributed by atoms with Crippen molar-refractivity contribution in [1.29, 1.82) is 0 Å². The van der Waals surface area contributed by atoms with Crippen LogP contribution in [0.3, 0.4) is 0 Å². The second-order valence-electron chi connectivity index (χ2n) is 13.6. The average Bonchev–Trinajstić information content (AvgIpc) is 3.54. The Hall–Kier alpha value is -2.37. The Morgan fingerprint density at radius 3 is 2.58 bits per heavy atom. The molecule has 2 aliphatic heterocycles. The molecular weight excluding hydrogens is 662 g/mol. The van der Waals surface area contributed by atoms with Gasteiger partial charge in [0.1, 0.15) is 30.6 Å². The van der Waals surface area contributed by atoms with Gasteiger partial charge in [0.05, 0.1) is 27.3 Å². The highest BCUT2D eigenvalue weighted by Gasteiger charge is 2.46. The summed E-state index contributed by atoms with van der Waals surface area (Å²) in [6.07, 6.45) is 1.27. The highest BCUT2D eigenvalue weighted by atomic mass is 79.9. The molecule has 0 saturated carbocycles. The average molecular weight is 710 g/mol. The van der Waals surface area contributed by atoms with Gasteiger partial charge in [0.15, 0.2) is 6.04 Å². The maximum atomic E-state index is 12.6. The van der Waals surface area contributed by atoms with Crippen LogP contribution in [0.5, 0.6) is 5.75 Å². The lowest BCUT2D eigenvalue weighted by molar-refractivity contribution is -0.895. The molecule has 2 aromatic rings. The molecule has 2 aromatic carbocycles. The minimum Gasteiger partial charge on any atom is -0.489 e. The molecule has 11 heteroatoms. The van der Waals surface area contributed by atoms with Gasteiger partial charge < -0.3 is 33.6 Å². The molecule has 0 radical (unpaired) electrons. The number of esters is 1. The van der Waals surface area contributed by atoms with Crippen molar-refractivity contribution >= 4 is 39.6 Å². The van der Waals surface area contributed by atoms with Crippen molar-refractivity contribution < 1.29 is 33.0 Å². The standard InChI is InChI=1S/C34H48BrClN3O6/c1-7-42-32(40)31-16-29(20-39(31,5)6)43-21-25-12-24(13-28(14-25)44-22-26-8-9-27(36)15-30(26)35)18-37-17-23-10-11-38(19-23)33(41)45-34(2,3)4/h8-9,12-15,23,29,31,37H,7,10-11,16-22H2,1-6H3/q+1. The largest absolute Gasteiger partial charge is 0.489 e. The van der Waals surface area contributed by atoms with E-state index in [4.69, 9.17) is 30.5 Å². The zero-order valence-electron chi connectivity index (χ0n) is 27.4. The SMILES string of the molecule is CCOC(=O)C1CC(OCc2cc(CNCC3CCN(C(=O)OC(C)(C)C)C3)cc(OCc3ccc(Cl)cc3Br)c2)C[N+]1(C)C. The van der Waals surface area contributed by atoms with Crippen LogP contribution >= 0.6 is 27.5 Å². The monoisotopic (exact) mass is 708 g/mol. The molecule has 2 aliphatic rings. The third-order valence-electron chi connectivity index (χ3n) is 8.18. The molecule has 4 rings (SSSR count). The van der Waals surface area contributed by atoms with Crippen molar-refractivity contribution in [3.05, 3.63) is 62.6 Å². The number of nitrogens with one attached hydrogen (secondary N) is 1. The molecule has 3 unspecified atom stereocenters. The predicted octanol–water partition coefficient (Wildman–Crippen LogP) is 6.33. The van der Waals surface area contributed by atoms with Crippen LogP contribution < -0.4 is 10.1 Å². The summed E-state index contributed by atoms with van der Waals surface area (Å²) in [5.41, 5.74) is 2.57. The highest BCUT2D eigenvalue weighted by Crippen LogP contribution is 2.29. The summed E-state index contributed by atoms with van der Waals surface area (Å²) in [5.74, 6) is 0.944. The number of likely N-dealkylation sites (tertiary alicyclic amines) is 2. The fraction of sp³-hybridized carbons (Fsp3) is 0.588. The first-order valence-corrected chi connectivity index (χ1v) is 16.9. The Morgan fingerprint density at radius 2 is 1.87 bits per heavy atom. The topological polar surface area (TPSA) is 86.3 Å². The first kappa shape index (κ1) is 35.5. The second-order valence-corrected chi connectivity index (χ2v) is 14.9. The van der Waals surface area contributed by atoms with Gasteiger partial charge >= 0.3 is 12.1 Å². The number of carbonyl (C=O) groups excluding carboxylic acids is 2. The van der Waals surface area contributed by atoms with E-state index < -0.39 is 5.60 Å². The number of rotatable bonds is 12. The lowest BCUT2D eigenvalue weighted by Crippen LogP contribution is -2.49. The van der Waals surface area contributed by atoms with Gasteiger partial charge in [0.25, 0.3) is 0 Å². The minimum absolute atomic E-state index is 0.0548. The number of hydrogen-bond acceptors (Lipinski definition) is 7. The van der Waals surface area contributed by atoms with Crippen LogP contribution in [0.15, 0.2) is 40.9 Å². The number of hydrogen-bond donors (Lipinski definition) is 1. The summed E-state index contributed by atoms with van der Waals surface area (Å²) < 4.78 is 24.9. The van der Waals surface area contributed by atoms with E-state index >= 15 is 0 Å². The highest BCUT2D eigenvalue weighted by molar-refractivity contribution is 9.10. The Morgan fingerprint density at radius 1 is 1.11 bits per heavy atom. The number of amides is 1. The van der Waals surface area contributed by atoms with E-state index in [2.05, 4.69) is 41.4 Å². The maximum Gasteiger partial charge on any atom is 0.410 e. The van der Waals surface area contributed by atoms with Crippen LogP contribution in [-0.2, 0) is 38.8 Å². The minimum atomic E-state index is -0.499. The molecule has 2 heterocycles. The van der Waals surface area contributed by atoms with E-state index in [1.165, 1.54) is 0 Å². The lowest BCUT2D eigenvalue weighted by Gasteiger charge is -2.29. The predicted molar refractivity (Wildman–Crippen MR) is 178 cm³/mol. The van der Waals surface area contributed by atoms with Crippen molar-refractivity contribution in [3.63, 3.8) is 0 Å². The first-order chi connectivity index (χ1) is 21.2. The number of ether oxygens (including phenoxy) is 4. The fourth-order valence-corrected chi connectivity index (χ4v) is 6.72. The smallest absolute Gasteiger partial charge is 0.410 e. The summed E-state index contributed by atoms with van der Waals surface area (Å²) in [6.45, 7) is 12.2. The van der Waals surface area contributed by atoms with Crippen molar-refractivity contribution in [2.45, 2.75) is 78.0 Å². The summed E-state index contributed by atoms with van der Waals surface area (Å²) >= 11 is 9.70. The van der Waals surface area contributed by atoms with Crippen molar-refractivity contribution in [2.75, 3.05) is 46.9 Å². The molecular formula is C34H48BrClN3O6+. The Balaban J connectivity index is 1.39. The van der Waals surface area contributed by atoms with E-state index in [0.29, 0.717) is 61.3 Å². The van der Waals surface area contributed by atoms with Crippen LogP contribution in [0.2, 0.25) is 5.02 Å². The summed E-state index contributed by atoms with van der Waals surface area (Å²) in [4.78, 5) is 26.8. The van der Waals surface area contributed by atoms with Gasteiger partial charge in [-0.05, 0) is 75.4 Å². The van der Waals surface area contributed by atoms with Crippen molar-refractivity contribution in [2.24, 2.45) is 5.92 Å². The number of carbonyl (C=O) groups is 2. The molecule has 3 atom stereocenters. The van der Waals surface area contributed by atoms with Crippen LogP contribution in [0.1, 0.15) is 57.2 Å². The molecule has 0 aromatic heterocycles. The molecule has 248 valence electrons. The zero-order chi connectivity index (χ0) is 32.8. The maximum absolute atomic E-state index is 12.6. The molecule has 0 aliphatic carbocycles. The van der Waals surface area contributed by atoms with Gasteiger partial charge in [-0.15, -0.1) is 0 Å². The summed E-state index contributed by atoms with van der Waals surface area (Å²) in [7, 11) is 4.10. The van der Waals surface area contributed by atoms with Crippen LogP contribution in [0, 0.1) is 5.92 Å². The molecule has 1 N–H and O–H groups in total. The number of benzene rings is 2. The molecule has 2 fully saturated rings. The van der Waals surface area contributed by atoms with Gasteiger partial charge in [0, 0.05) is 47.7 Å². The third kappa shape index (κ3) is 10.6. The number of nitrogens with zero attached hydrogens (tertiary/aromatic N) is 2. The van der Waals surface area contributed by atoms with Crippen LogP contribution in [0.4, 0.5) is 4.79 Å². The van der Waals surface area contributed by atoms with E-state index in [9.17, 15) is 9.59 Å². The lowest BCUT2D eigenvalue weighted by atomic mass is 10.1. The van der Waals surface area contributed by atoms with Crippen molar-refractivity contribution in [1.82, 2.24) is 10.2 Å². The molecule has 45 heavy (non-hydrogen) atoms. The number of quaternary nitrogens is 1. The van der Waals surface area contributed by atoms with Gasteiger partial charge in [-0.3, -0.25) is 0 Å². The Kier molecular flexibility index (Phi) is 12.2. The normalized spacial score (nSPS) is 21.2. The Labute approximate surface area is 281 Å². The molecule has 1 amide bonds. The van der Waals surface area contributed by atoms with Crippen molar-refractivity contribution in [3.8, 4) is 5.75 Å². The van der Waals surface area contributed by atoms with Gasteiger partial charge in [-0.2, -0.15) is 0 Å². The van der Waals surface area contributed by atoms with Crippen LogP contribution in [-0.4, -0.2) is 86.1 Å². The summed E-state index contributed by atoms with van der Waals surface area (Å²) in [6, 6.07) is 11.6. The molecule has 0 spiro atoms. The molecule has 0 bridgehead atoms. The van der Waals surface area contributed by atoms with Gasteiger partial charge in [0.2, 0.25) is 0 Å². The van der Waals surface area contributed by atoms with E-state index in [1.807, 2.05) is 58.0 Å². The van der Waals surface area contributed by atoms with E-state index in [1.54, 1.807) is 4.90 Å². The fourth-order valence-electron chi connectivity index (χ4n) is 5.93. The Bertz CT molecular complexity index is 1330. The van der Waals surface area contributed by atoms with E-state index in [-0.39, 0.29) is 24.2 Å². The number of halogens is 2. The quantitative estimate of drug-likeness (QED) is 0.204. The third-order valence-corrected chi connectivity index (χ3v) is 9.16.